The molecule has 8 nitrogen and oxygen atoms in total. The number of hydrogen-bond acceptors (Lipinski definition) is 6. The Bertz CT molecular complexity index is 786. The van der Waals surface area contributed by atoms with Gasteiger partial charge >= 0.3 is 0 Å². The van der Waals surface area contributed by atoms with Gasteiger partial charge in [-0.3, -0.25) is 4.79 Å². The number of nitrogens with one attached hydrogen (secondary N) is 1. The van der Waals surface area contributed by atoms with Crippen molar-refractivity contribution in [2.24, 2.45) is 0 Å². The summed E-state index contributed by atoms with van der Waals surface area (Å²) in [7, 11) is -3.66. The summed E-state index contributed by atoms with van der Waals surface area (Å²) in [6.07, 6.45) is 4.06. The van der Waals surface area contributed by atoms with E-state index < -0.39 is 10.0 Å². The van der Waals surface area contributed by atoms with Crippen molar-refractivity contribution in [1.82, 2.24) is 4.31 Å². The first-order valence-corrected chi connectivity index (χ1v) is 11.7. The number of benzene rings is 1. The minimum absolute atomic E-state index is 0.0914. The van der Waals surface area contributed by atoms with Crippen molar-refractivity contribution in [2.75, 3.05) is 44.8 Å². The molecule has 0 spiro atoms. The van der Waals surface area contributed by atoms with Gasteiger partial charge in [0.2, 0.25) is 15.9 Å². The van der Waals surface area contributed by atoms with Crippen LogP contribution in [0.5, 0.6) is 5.75 Å². The fourth-order valence-electron chi connectivity index (χ4n) is 3.51. The second-order valence-electron chi connectivity index (χ2n) is 7.21. The first kappa shape index (κ1) is 22.0. The third-order valence-corrected chi connectivity index (χ3v) is 6.93. The lowest BCUT2D eigenvalue weighted by Crippen LogP contribution is -2.28. The molecule has 9 heteroatoms. The van der Waals surface area contributed by atoms with Crippen LogP contribution in [-0.4, -0.2) is 64.3 Å². The molecule has 1 N–H and O–H groups in total. The Balaban J connectivity index is 1.60. The molecule has 2 aliphatic rings. The zero-order valence-electron chi connectivity index (χ0n) is 16.9. The standard InChI is InChI=1S/C20H30N2O6S/c1-2-27-18-8-7-16(14-19(18)29(24,25)22-10-3-4-11-22)21-20(23)9-13-26-15-17-6-5-12-28-17/h7-8,14,17H,2-6,9-13,15H2,1H3,(H,21,23). The van der Waals surface area contributed by atoms with E-state index in [1.165, 1.54) is 10.4 Å². The van der Waals surface area contributed by atoms with Gasteiger partial charge in [-0.05, 0) is 50.8 Å². The third-order valence-electron chi connectivity index (χ3n) is 5.01. The van der Waals surface area contributed by atoms with Crippen LogP contribution in [0.25, 0.3) is 0 Å². The van der Waals surface area contributed by atoms with Gasteiger partial charge in [0.1, 0.15) is 10.6 Å². The predicted octanol–water partition coefficient (Wildman–Crippen LogP) is 2.39. The molecule has 2 heterocycles. The van der Waals surface area contributed by atoms with E-state index in [9.17, 15) is 13.2 Å². The average molecular weight is 427 g/mol. The minimum atomic E-state index is -3.66. The molecular formula is C20H30N2O6S. The maximum Gasteiger partial charge on any atom is 0.246 e. The Kier molecular flexibility index (Phi) is 7.88. The van der Waals surface area contributed by atoms with Crippen molar-refractivity contribution in [1.29, 1.82) is 0 Å². The Morgan fingerprint density at radius 3 is 2.76 bits per heavy atom. The van der Waals surface area contributed by atoms with Crippen LogP contribution in [0.2, 0.25) is 0 Å². The molecule has 2 fully saturated rings. The van der Waals surface area contributed by atoms with Crippen LogP contribution in [0.3, 0.4) is 0 Å². The molecule has 0 aromatic heterocycles. The molecule has 1 aromatic rings. The molecule has 162 valence electrons. The summed E-state index contributed by atoms with van der Waals surface area (Å²) in [5.74, 6) is 0.0725. The van der Waals surface area contributed by atoms with Gasteiger partial charge in [-0.25, -0.2) is 8.42 Å². The van der Waals surface area contributed by atoms with Crippen molar-refractivity contribution in [3.63, 3.8) is 0 Å². The van der Waals surface area contributed by atoms with Gasteiger partial charge in [-0.2, -0.15) is 4.31 Å². The van der Waals surface area contributed by atoms with Crippen molar-refractivity contribution < 1.29 is 27.4 Å². The molecule has 0 aliphatic carbocycles. The Morgan fingerprint density at radius 2 is 2.07 bits per heavy atom. The van der Waals surface area contributed by atoms with E-state index in [4.69, 9.17) is 14.2 Å². The third kappa shape index (κ3) is 5.91. The molecular weight excluding hydrogens is 396 g/mol. The van der Waals surface area contributed by atoms with Gasteiger partial charge in [0.05, 0.1) is 32.3 Å². The molecule has 0 bridgehead atoms. The Labute approximate surface area is 172 Å². The van der Waals surface area contributed by atoms with Crippen molar-refractivity contribution in [3.05, 3.63) is 18.2 Å². The summed E-state index contributed by atoms with van der Waals surface area (Å²) >= 11 is 0. The van der Waals surface area contributed by atoms with Crippen LogP contribution in [0.1, 0.15) is 39.0 Å². The molecule has 1 aromatic carbocycles. The first-order chi connectivity index (χ1) is 14.0. The van der Waals surface area contributed by atoms with Crippen molar-refractivity contribution >= 4 is 21.6 Å². The molecule has 1 amide bonds. The molecule has 1 atom stereocenters. The molecule has 1 unspecified atom stereocenters. The zero-order chi connectivity index (χ0) is 20.7. The highest BCUT2D eigenvalue weighted by Crippen LogP contribution is 2.31. The second kappa shape index (κ2) is 10.4. The van der Waals surface area contributed by atoms with E-state index in [0.29, 0.717) is 44.3 Å². The molecule has 0 radical (unpaired) electrons. The van der Waals surface area contributed by atoms with Gasteiger partial charge in [0.15, 0.2) is 0 Å². The van der Waals surface area contributed by atoms with E-state index in [-0.39, 0.29) is 23.3 Å². The fourth-order valence-corrected chi connectivity index (χ4v) is 5.18. The van der Waals surface area contributed by atoms with E-state index in [2.05, 4.69) is 5.32 Å². The van der Waals surface area contributed by atoms with Crippen LogP contribution in [-0.2, 0) is 24.3 Å². The molecule has 0 saturated carbocycles. The predicted molar refractivity (Wildman–Crippen MR) is 109 cm³/mol. The number of hydrogen-bond donors (Lipinski definition) is 1. The summed E-state index contributed by atoms with van der Waals surface area (Å²) in [5, 5.41) is 2.75. The summed E-state index contributed by atoms with van der Waals surface area (Å²) in [6.45, 7) is 4.74. The number of amides is 1. The highest BCUT2D eigenvalue weighted by molar-refractivity contribution is 7.89. The van der Waals surface area contributed by atoms with Gasteiger partial charge in [0, 0.05) is 25.4 Å². The smallest absolute Gasteiger partial charge is 0.246 e. The number of sulfonamides is 1. The van der Waals surface area contributed by atoms with E-state index in [0.717, 1.165) is 32.3 Å². The lowest BCUT2D eigenvalue weighted by molar-refractivity contribution is -0.117. The number of carbonyl (C=O) groups excluding carboxylic acids is 1. The van der Waals surface area contributed by atoms with Gasteiger partial charge in [-0.1, -0.05) is 0 Å². The van der Waals surface area contributed by atoms with Crippen LogP contribution in [0.4, 0.5) is 5.69 Å². The number of nitrogens with zero attached hydrogens (tertiary/aromatic N) is 1. The second-order valence-corrected chi connectivity index (χ2v) is 9.12. The minimum Gasteiger partial charge on any atom is -0.492 e. The SMILES string of the molecule is CCOc1ccc(NC(=O)CCOCC2CCCO2)cc1S(=O)(=O)N1CCCC1. The van der Waals surface area contributed by atoms with E-state index in [1.807, 2.05) is 0 Å². The highest BCUT2D eigenvalue weighted by Gasteiger charge is 2.30. The van der Waals surface area contributed by atoms with Crippen LogP contribution in [0, 0.1) is 0 Å². The maximum atomic E-state index is 13.0. The largest absolute Gasteiger partial charge is 0.492 e. The zero-order valence-corrected chi connectivity index (χ0v) is 17.7. The first-order valence-electron chi connectivity index (χ1n) is 10.3. The number of carbonyl (C=O) groups is 1. The van der Waals surface area contributed by atoms with Crippen molar-refractivity contribution in [3.8, 4) is 5.75 Å². The molecule has 29 heavy (non-hydrogen) atoms. The van der Waals surface area contributed by atoms with Gasteiger partial charge in [-0.15, -0.1) is 0 Å². The Hall–Kier alpha value is -1.68. The highest BCUT2D eigenvalue weighted by atomic mass is 32.2. The molecule has 2 saturated heterocycles. The fraction of sp³-hybridized carbons (Fsp3) is 0.650. The van der Waals surface area contributed by atoms with Crippen LogP contribution in [0.15, 0.2) is 23.1 Å². The van der Waals surface area contributed by atoms with Gasteiger partial charge in [0.25, 0.3) is 0 Å². The van der Waals surface area contributed by atoms with Crippen LogP contribution < -0.4 is 10.1 Å². The monoisotopic (exact) mass is 426 g/mol. The van der Waals surface area contributed by atoms with Gasteiger partial charge < -0.3 is 19.5 Å². The number of anilines is 1. The number of ether oxygens (including phenoxy) is 3. The average Bonchev–Trinajstić information content (AvgIpc) is 3.41. The number of rotatable bonds is 10. The van der Waals surface area contributed by atoms with E-state index >= 15 is 0 Å². The summed E-state index contributed by atoms with van der Waals surface area (Å²) in [6, 6.07) is 4.72. The maximum absolute atomic E-state index is 13.0. The van der Waals surface area contributed by atoms with Crippen molar-refractivity contribution in [2.45, 2.75) is 50.0 Å². The summed E-state index contributed by atoms with van der Waals surface area (Å²) in [5.41, 5.74) is 0.426. The summed E-state index contributed by atoms with van der Waals surface area (Å²) in [4.78, 5) is 12.3. The van der Waals surface area contributed by atoms with Crippen LogP contribution >= 0.6 is 0 Å². The lowest BCUT2D eigenvalue weighted by Gasteiger charge is -2.19. The van der Waals surface area contributed by atoms with E-state index in [1.54, 1.807) is 19.1 Å². The lowest BCUT2D eigenvalue weighted by atomic mass is 10.2. The molecule has 3 rings (SSSR count). The molecule has 2 aliphatic heterocycles. The topological polar surface area (TPSA) is 94.2 Å². The quantitative estimate of drug-likeness (QED) is 0.578. The Morgan fingerprint density at radius 1 is 1.28 bits per heavy atom. The summed E-state index contributed by atoms with van der Waals surface area (Å²) < 4.78 is 44.0. The normalized spacial score (nSPS) is 20.1.